The number of guanidine groups is 1. The van der Waals surface area contributed by atoms with Crippen LogP contribution in [0.3, 0.4) is 0 Å². The summed E-state index contributed by atoms with van der Waals surface area (Å²) in [4.78, 5) is 9.59. The normalized spacial score (nSPS) is 12.4. The van der Waals surface area contributed by atoms with Crippen molar-refractivity contribution in [3.8, 4) is 0 Å². The molecular weight excluding hydrogens is 213 g/mol. The van der Waals surface area contributed by atoms with Gasteiger partial charge in [0.2, 0.25) is 4.39 Å². The van der Waals surface area contributed by atoms with Crippen LogP contribution < -0.4 is 30.7 Å². The molecule has 0 aromatic carbocycles. The van der Waals surface area contributed by atoms with E-state index >= 15 is 0 Å². The molecule has 13 heavy (non-hydrogen) atoms. The monoisotopic (exact) mass is 217 g/mol. The van der Waals surface area contributed by atoms with Crippen molar-refractivity contribution >= 4 is 5.96 Å². The first kappa shape index (κ1) is 11.6. The van der Waals surface area contributed by atoms with E-state index in [-0.39, 0.29) is 0 Å². The molecule has 0 aliphatic rings. The Morgan fingerprint density at radius 3 is 2.46 bits per heavy atom. The Bertz CT molecular complexity index is 210. The predicted molar refractivity (Wildman–Crippen MR) is 26.0 cm³/mol. The third kappa shape index (κ3) is 8.51. The number of hydroxylamine groups is 1. The Labute approximate surface area is 72.6 Å². The number of hydrogen-bond acceptors (Lipinski definition) is 7. The van der Waals surface area contributed by atoms with Crippen molar-refractivity contribution in [1.29, 1.82) is 0 Å². The Hall–Kier alpha value is -1.40. The first-order chi connectivity index (χ1) is 5.81. The average molecular weight is 218 g/mol. The number of halogens is 1. The highest BCUT2D eigenvalue weighted by Crippen LogP contribution is 1.80. The van der Waals surface area contributed by atoms with Gasteiger partial charge in [-0.15, -0.1) is 0 Å². The van der Waals surface area contributed by atoms with Gasteiger partial charge in [0.1, 0.15) is 10.2 Å². The van der Waals surface area contributed by atoms with Gasteiger partial charge in [0.05, 0.1) is 10.1 Å². The number of hydrazone groups is 1. The molecule has 0 rings (SSSR count). The van der Waals surface area contributed by atoms with Gasteiger partial charge >= 0.3 is 5.96 Å². The molecule has 0 bridgehead atoms. The Kier molecular flexibility index (Phi) is 4.09. The van der Waals surface area contributed by atoms with Gasteiger partial charge in [-0.1, -0.05) is 5.48 Å². The molecule has 0 aromatic rings. The van der Waals surface area contributed by atoms with Crippen LogP contribution in [0.25, 0.3) is 0 Å². The fraction of sp³-hybridized carbons (Fsp3) is 0. The minimum atomic E-state index is -4.72. The van der Waals surface area contributed by atoms with Crippen molar-refractivity contribution in [3.63, 3.8) is 0 Å². The van der Waals surface area contributed by atoms with Crippen LogP contribution in [0, 0.1) is 20.4 Å². The number of nitrogens with zero attached hydrogens (tertiary/aromatic N) is 2. The lowest BCUT2D eigenvalue weighted by atomic mass is 11.1. The molecule has 0 radical (unpaired) electrons. The Balaban J connectivity index is 3.80. The smallest absolute Gasteiger partial charge is 0.344 e. The van der Waals surface area contributed by atoms with E-state index in [2.05, 4.69) is 9.49 Å². The van der Waals surface area contributed by atoms with Crippen LogP contribution in [0.15, 0.2) is 5.10 Å². The molecule has 0 saturated carbocycles. The van der Waals surface area contributed by atoms with E-state index in [9.17, 15) is 24.1 Å². The fourth-order valence-corrected chi connectivity index (χ4v) is 0.378. The van der Waals surface area contributed by atoms with Gasteiger partial charge < -0.3 is 15.8 Å². The highest BCUT2D eigenvalue weighted by atomic mass is 35.7. The topological polar surface area (TPSA) is 184 Å². The summed E-state index contributed by atoms with van der Waals surface area (Å²) in [6.07, 6.45) is 0. The lowest BCUT2D eigenvalue weighted by Crippen LogP contribution is -2.63. The summed E-state index contributed by atoms with van der Waals surface area (Å²) in [5.74, 6) is -0.802. The molecule has 12 heteroatoms. The molecule has 0 heterocycles. The third-order valence-electron chi connectivity index (χ3n) is 0.490. The number of rotatable bonds is 4. The standard InChI is InChI=1S/CH4ClN5O6/c3-1(4-6-7(11)12)5-13-2(8,9)10/h6H,(H3,3,4,5). The largest absolute Gasteiger partial charge is 0.371 e. The maximum absolute atomic E-state index is 9.74. The average Bonchev–Trinajstić information content (AvgIpc) is 1.95. The van der Waals surface area contributed by atoms with Crippen molar-refractivity contribution in [2.75, 3.05) is 0 Å². The lowest BCUT2D eigenvalue weighted by Gasteiger charge is -2.09. The van der Waals surface area contributed by atoms with Gasteiger partial charge in [-0.3, -0.25) is 0 Å². The van der Waals surface area contributed by atoms with Crippen molar-refractivity contribution in [2.45, 2.75) is 0 Å². The molecule has 0 saturated heterocycles. The maximum Gasteiger partial charge on any atom is 0.371 e. The Morgan fingerprint density at radius 2 is 2.08 bits per heavy atom. The summed E-state index contributed by atoms with van der Waals surface area (Å²) in [6, 6.07) is 0. The van der Waals surface area contributed by atoms with E-state index in [1.807, 2.05) is 0 Å². The highest BCUT2D eigenvalue weighted by Gasteiger charge is 2.20. The van der Waals surface area contributed by atoms with Crippen molar-refractivity contribution in [2.24, 2.45) is 10.8 Å². The van der Waals surface area contributed by atoms with E-state index in [0.717, 1.165) is 0 Å². The molecule has 0 unspecified atom stereocenters. The van der Waals surface area contributed by atoms with Gasteiger partial charge in [-0.2, -0.15) is 14.0 Å². The molecule has 76 valence electrons. The lowest BCUT2D eigenvalue weighted by molar-refractivity contribution is -1.92. The quantitative estimate of drug-likeness (QED) is 0.179. The van der Waals surface area contributed by atoms with E-state index < -0.39 is 21.2 Å². The summed E-state index contributed by atoms with van der Waals surface area (Å²) in [5.41, 5.74) is 7.32. The number of hydrazine groups is 1. The van der Waals surface area contributed by atoms with Gasteiger partial charge in [-0.25, -0.2) is 0 Å². The number of nitrogens with two attached hydrogens (primary N) is 1. The Morgan fingerprint density at radius 1 is 1.54 bits per heavy atom. The molecule has 11 nitrogen and oxygen atoms in total. The SMILES string of the molecule is NC(=NN[N+](=O)[O-])NO[Cl+3]([O-])([O-])[O-]. The summed E-state index contributed by atoms with van der Waals surface area (Å²) in [7, 11) is -4.72. The summed E-state index contributed by atoms with van der Waals surface area (Å²) >= 11 is 0. The second-order valence-electron chi connectivity index (χ2n) is 1.41. The molecule has 0 aliphatic carbocycles. The van der Waals surface area contributed by atoms with E-state index in [0.29, 0.717) is 0 Å². The molecule has 0 fully saturated rings. The van der Waals surface area contributed by atoms with Gasteiger partial charge in [0, 0.05) is 0 Å². The zero-order chi connectivity index (χ0) is 10.5. The van der Waals surface area contributed by atoms with Crippen molar-refractivity contribution in [1.82, 2.24) is 11.0 Å². The van der Waals surface area contributed by atoms with Gasteiger partial charge in [-0.05, 0) is 5.53 Å². The molecule has 4 N–H and O–H groups in total. The second-order valence-corrected chi connectivity index (χ2v) is 2.32. The van der Waals surface area contributed by atoms with Gasteiger partial charge in [0.15, 0.2) is 0 Å². The third-order valence-corrected chi connectivity index (χ3v) is 0.756. The number of hydrogen-bond donors (Lipinski definition) is 3. The first-order valence-electron chi connectivity index (χ1n) is 2.40. The van der Waals surface area contributed by atoms with Crippen molar-refractivity contribution in [3.05, 3.63) is 10.1 Å². The van der Waals surface area contributed by atoms with E-state index in [1.54, 1.807) is 0 Å². The van der Waals surface area contributed by atoms with E-state index in [1.165, 1.54) is 11.0 Å². The molecule has 0 atom stereocenters. The predicted octanol–water partition coefficient (Wildman–Crippen LogP) is -5.58. The number of nitrogens with one attached hydrogen (secondary N) is 2. The van der Waals surface area contributed by atoms with Crippen LogP contribution in [0.2, 0.25) is 0 Å². The molecular formula is CH4ClN5O6. The zero-order valence-electron chi connectivity index (χ0n) is 5.80. The minimum Gasteiger partial charge on any atom is -0.344 e. The van der Waals surface area contributed by atoms with Gasteiger partial charge in [0.25, 0.3) is 0 Å². The zero-order valence-corrected chi connectivity index (χ0v) is 6.56. The molecule has 0 aromatic heterocycles. The maximum atomic E-state index is 9.74. The fourth-order valence-electron chi connectivity index (χ4n) is 0.204. The van der Waals surface area contributed by atoms with Crippen LogP contribution in [-0.4, -0.2) is 11.0 Å². The summed E-state index contributed by atoms with van der Waals surface area (Å²) in [6.45, 7) is 0. The van der Waals surface area contributed by atoms with Crippen LogP contribution in [0.4, 0.5) is 0 Å². The highest BCUT2D eigenvalue weighted by molar-refractivity contribution is 5.76. The minimum absolute atomic E-state index is 0.802. The second kappa shape index (κ2) is 4.58. The summed E-state index contributed by atoms with van der Waals surface area (Å²) in [5, 5.41) is 11.2. The van der Waals surface area contributed by atoms with Crippen LogP contribution in [0.5, 0.6) is 0 Å². The van der Waals surface area contributed by atoms with E-state index in [4.69, 9.17) is 5.73 Å². The van der Waals surface area contributed by atoms with Crippen LogP contribution in [-0.2, 0) is 4.39 Å². The van der Waals surface area contributed by atoms with Crippen molar-refractivity contribution < 1.29 is 33.6 Å². The van der Waals surface area contributed by atoms with Crippen LogP contribution in [0.1, 0.15) is 0 Å². The van der Waals surface area contributed by atoms with Crippen LogP contribution >= 0.6 is 0 Å². The molecule has 0 aliphatic heterocycles. The molecule has 0 amide bonds. The molecule has 0 spiro atoms. The number of nitro groups is 1. The first-order valence-corrected chi connectivity index (χ1v) is 3.63. The summed E-state index contributed by atoms with van der Waals surface area (Å²) < 4.78 is 32.6.